The van der Waals surface area contributed by atoms with Gasteiger partial charge in [0.1, 0.15) is 16.7 Å². The Morgan fingerprint density at radius 1 is 1.16 bits per heavy atom. The minimum absolute atomic E-state index is 0.0593. The van der Waals surface area contributed by atoms with Crippen molar-refractivity contribution in [3.05, 3.63) is 76.8 Å². The molecule has 0 unspecified atom stereocenters. The van der Waals surface area contributed by atoms with Crippen molar-refractivity contribution in [3.63, 3.8) is 0 Å². The van der Waals surface area contributed by atoms with E-state index in [1.54, 1.807) is 56.6 Å². The SMILES string of the molecule is CCC(=O)N(C)c1ccc(-c2ccc(C(=O)CCc3cccnc3Cl)cc2OC)cc1F. The summed E-state index contributed by atoms with van der Waals surface area (Å²) in [6.45, 7) is 1.73. The highest BCUT2D eigenvalue weighted by molar-refractivity contribution is 6.30. The first kappa shape index (κ1) is 23.4. The highest BCUT2D eigenvalue weighted by Crippen LogP contribution is 2.34. The van der Waals surface area contributed by atoms with Gasteiger partial charge in [0.25, 0.3) is 0 Å². The molecule has 5 nitrogen and oxygen atoms in total. The Kier molecular flexibility index (Phi) is 7.59. The number of hydrogen-bond donors (Lipinski definition) is 0. The third-order valence-corrected chi connectivity index (χ3v) is 5.62. The number of ether oxygens (including phenoxy) is 1. The monoisotopic (exact) mass is 454 g/mol. The third-order valence-electron chi connectivity index (χ3n) is 5.28. The number of aromatic nitrogens is 1. The molecule has 2 aromatic carbocycles. The van der Waals surface area contributed by atoms with Crippen LogP contribution < -0.4 is 9.64 Å². The summed E-state index contributed by atoms with van der Waals surface area (Å²) in [5, 5.41) is 0.394. The molecule has 32 heavy (non-hydrogen) atoms. The molecule has 0 N–H and O–H groups in total. The largest absolute Gasteiger partial charge is 0.496 e. The maximum Gasteiger partial charge on any atom is 0.226 e. The van der Waals surface area contributed by atoms with E-state index in [9.17, 15) is 14.0 Å². The predicted octanol–water partition coefficient (Wildman–Crippen LogP) is 5.74. The van der Waals surface area contributed by atoms with Crippen molar-refractivity contribution < 1.29 is 18.7 Å². The summed E-state index contributed by atoms with van der Waals surface area (Å²) in [6, 6.07) is 13.4. The lowest BCUT2D eigenvalue weighted by Gasteiger charge is -2.18. The molecule has 0 bridgehead atoms. The number of aryl methyl sites for hydroxylation is 1. The average molecular weight is 455 g/mol. The quantitative estimate of drug-likeness (QED) is 0.322. The van der Waals surface area contributed by atoms with Crippen LogP contribution in [0.3, 0.4) is 0 Å². The highest BCUT2D eigenvalue weighted by atomic mass is 35.5. The first-order chi connectivity index (χ1) is 15.3. The van der Waals surface area contributed by atoms with E-state index in [-0.39, 0.29) is 30.2 Å². The van der Waals surface area contributed by atoms with Gasteiger partial charge in [0.2, 0.25) is 5.91 Å². The van der Waals surface area contributed by atoms with Crippen molar-refractivity contribution in [2.45, 2.75) is 26.2 Å². The first-order valence-corrected chi connectivity index (χ1v) is 10.6. The van der Waals surface area contributed by atoms with Crippen LogP contribution in [-0.2, 0) is 11.2 Å². The topological polar surface area (TPSA) is 59.5 Å². The summed E-state index contributed by atoms with van der Waals surface area (Å²) in [7, 11) is 3.05. The van der Waals surface area contributed by atoms with Crippen LogP contribution in [0.2, 0.25) is 5.15 Å². The summed E-state index contributed by atoms with van der Waals surface area (Å²) in [6.07, 6.45) is 2.64. The second-order valence-corrected chi connectivity index (χ2v) is 7.62. The first-order valence-electron chi connectivity index (χ1n) is 10.2. The number of ketones is 1. The summed E-state index contributed by atoms with van der Waals surface area (Å²) in [4.78, 5) is 29.9. The standard InChI is InChI=1S/C25H24ClFN2O3/c1-4-24(31)29(2)21-11-8-17(14-20(21)27)19-10-7-18(15-23(19)32-3)22(30)12-9-16-6-5-13-28-25(16)26/h5-8,10-11,13-15H,4,9,12H2,1-3H3. The summed E-state index contributed by atoms with van der Waals surface area (Å²) < 4.78 is 20.2. The number of benzene rings is 2. The Morgan fingerprint density at radius 3 is 2.59 bits per heavy atom. The van der Waals surface area contributed by atoms with Gasteiger partial charge in [-0.15, -0.1) is 0 Å². The van der Waals surface area contributed by atoms with Crippen molar-refractivity contribution in [1.29, 1.82) is 0 Å². The Hall–Kier alpha value is -3.25. The number of amides is 1. The smallest absolute Gasteiger partial charge is 0.226 e. The van der Waals surface area contributed by atoms with Crippen molar-refractivity contribution in [3.8, 4) is 16.9 Å². The van der Waals surface area contributed by atoms with E-state index in [4.69, 9.17) is 16.3 Å². The van der Waals surface area contributed by atoms with Crippen LogP contribution >= 0.6 is 11.6 Å². The molecule has 0 aliphatic rings. The van der Waals surface area contributed by atoms with E-state index >= 15 is 0 Å². The molecule has 0 fully saturated rings. The lowest BCUT2D eigenvalue weighted by molar-refractivity contribution is -0.118. The lowest BCUT2D eigenvalue weighted by Crippen LogP contribution is -2.25. The lowest BCUT2D eigenvalue weighted by atomic mass is 9.98. The van der Waals surface area contributed by atoms with E-state index in [1.807, 2.05) is 6.07 Å². The van der Waals surface area contributed by atoms with Gasteiger partial charge in [-0.05, 0) is 47.9 Å². The fourth-order valence-electron chi connectivity index (χ4n) is 3.42. The molecule has 7 heteroatoms. The Bertz CT molecular complexity index is 1150. The van der Waals surface area contributed by atoms with Crippen molar-refractivity contribution in [2.75, 3.05) is 19.1 Å². The van der Waals surface area contributed by atoms with Gasteiger partial charge in [-0.25, -0.2) is 9.37 Å². The maximum absolute atomic E-state index is 14.7. The van der Waals surface area contributed by atoms with Gasteiger partial charge < -0.3 is 9.64 Å². The minimum atomic E-state index is -0.512. The molecule has 3 aromatic rings. The number of anilines is 1. The molecule has 0 spiro atoms. The molecule has 3 rings (SSSR count). The molecule has 166 valence electrons. The molecule has 0 aliphatic heterocycles. The van der Waals surface area contributed by atoms with Crippen LogP contribution in [0, 0.1) is 5.82 Å². The Balaban J connectivity index is 1.82. The number of halogens is 2. The van der Waals surface area contributed by atoms with Crippen LogP contribution in [0.5, 0.6) is 5.75 Å². The van der Waals surface area contributed by atoms with Crippen molar-refractivity contribution in [2.24, 2.45) is 0 Å². The molecule has 1 aromatic heterocycles. The summed E-state index contributed by atoms with van der Waals surface area (Å²) >= 11 is 6.06. The summed E-state index contributed by atoms with van der Waals surface area (Å²) in [5.74, 6) is -0.288. The van der Waals surface area contributed by atoms with Gasteiger partial charge in [-0.2, -0.15) is 0 Å². The zero-order chi connectivity index (χ0) is 23.3. The average Bonchev–Trinajstić information content (AvgIpc) is 2.81. The van der Waals surface area contributed by atoms with Gasteiger partial charge in [0, 0.05) is 37.2 Å². The molecular weight excluding hydrogens is 431 g/mol. The normalized spacial score (nSPS) is 10.7. The van der Waals surface area contributed by atoms with Crippen LogP contribution in [-0.4, -0.2) is 30.8 Å². The number of pyridine rings is 1. The highest BCUT2D eigenvalue weighted by Gasteiger charge is 2.17. The van der Waals surface area contributed by atoms with E-state index in [0.717, 1.165) is 5.56 Å². The zero-order valence-electron chi connectivity index (χ0n) is 18.2. The molecule has 0 radical (unpaired) electrons. The molecule has 1 heterocycles. The second kappa shape index (κ2) is 10.4. The molecule has 0 saturated carbocycles. The maximum atomic E-state index is 14.7. The van der Waals surface area contributed by atoms with Crippen LogP contribution in [0.1, 0.15) is 35.7 Å². The van der Waals surface area contributed by atoms with E-state index in [1.165, 1.54) is 18.1 Å². The Morgan fingerprint density at radius 2 is 1.94 bits per heavy atom. The predicted molar refractivity (Wildman–Crippen MR) is 124 cm³/mol. The number of hydrogen-bond acceptors (Lipinski definition) is 4. The number of methoxy groups -OCH3 is 1. The third kappa shape index (κ3) is 5.14. The van der Waals surface area contributed by atoms with Crippen LogP contribution in [0.25, 0.3) is 11.1 Å². The molecule has 0 saturated heterocycles. The Labute approximate surface area is 191 Å². The van der Waals surface area contributed by atoms with E-state index in [2.05, 4.69) is 4.98 Å². The van der Waals surface area contributed by atoms with Gasteiger partial charge in [0.05, 0.1) is 12.8 Å². The van der Waals surface area contributed by atoms with Crippen LogP contribution in [0.15, 0.2) is 54.7 Å². The number of Topliss-reactive ketones (excluding diaryl/α,β-unsaturated/α-hetero) is 1. The van der Waals surface area contributed by atoms with Crippen molar-refractivity contribution in [1.82, 2.24) is 4.98 Å². The van der Waals surface area contributed by atoms with Gasteiger partial charge in [-0.1, -0.05) is 36.7 Å². The molecule has 0 aliphatic carbocycles. The zero-order valence-corrected chi connectivity index (χ0v) is 18.9. The van der Waals surface area contributed by atoms with Crippen molar-refractivity contribution >= 4 is 29.0 Å². The van der Waals surface area contributed by atoms with E-state index < -0.39 is 5.82 Å². The molecule has 0 atom stereocenters. The van der Waals surface area contributed by atoms with Gasteiger partial charge in [-0.3, -0.25) is 9.59 Å². The summed E-state index contributed by atoms with van der Waals surface area (Å²) in [5.41, 5.74) is 2.75. The second-order valence-electron chi connectivity index (χ2n) is 7.26. The fourth-order valence-corrected chi connectivity index (χ4v) is 3.63. The molecular formula is C25H24ClFN2O3. The van der Waals surface area contributed by atoms with Crippen LogP contribution in [0.4, 0.5) is 10.1 Å². The molecule has 1 amide bonds. The number of nitrogens with zero attached hydrogens (tertiary/aromatic N) is 2. The minimum Gasteiger partial charge on any atom is -0.496 e. The fraction of sp³-hybridized carbons (Fsp3) is 0.240. The van der Waals surface area contributed by atoms with Gasteiger partial charge >= 0.3 is 0 Å². The number of rotatable bonds is 8. The number of carbonyl (C=O) groups is 2. The van der Waals surface area contributed by atoms with Gasteiger partial charge in [0.15, 0.2) is 5.78 Å². The number of carbonyl (C=O) groups excluding carboxylic acids is 2. The van der Waals surface area contributed by atoms with E-state index in [0.29, 0.717) is 34.0 Å².